The predicted octanol–water partition coefficient (Wildman–Crippen LogP) is 4.91. The van der Waals surface area contributed by atoms with Crippen molar-refractivity contribution in [2.75, 3.05) is 6.61 Å². The van der Waals surface area contributed by atoms with Crippen molar-refractivity contribution in [3.05, 3.63) is 51.2 Å². The standard InChI is InChI=1S/C17H22ClNOS/c1-17(2,3)19-11-14-10-15(18)4-5-16(14)20-8-6-13-7-9-21-12-13/h4-5,7,9-10,12,19H,6,8,11H2,1-3H3. The minimum absolute atomic E-state index is 0.0657. The van der Waals surface area contributed by atoms with Crippen LogP contribution in [0.2, 0.25) is 5.02 Å². The van der Waals surface area contributed by atoms with Gasteiger partial charge in [-0.3, -0.25) is 0 Å². The molecule has 0 fully saturated rings. The van der Waals surface area contributed by atoms with E-state index in [0.717, 1.165) is 29.3 Å². The van der Waals surface area contributed by atoms with E-state index in [1.165, 1.54) is 5.56 Å². The second kappa shape index (κ2) is 7.30. The molecule has 4 heteroatoms. The largest absolute Gasteiger partial charge is 0.493 e. The minimum Gasteiger partial charge on any atom is -0.493 e. The second-order valence-corrected chi connectivity index (χ2v) is 7.30. The summed E-state index contributed by atoms with van der Waals surface area (Å²) in [4.78, 5) is 0. The molecule has 0 amide bonds. The van der Waals surface area contributed by atoms with Crippen LogP contribution in [0.5, 0.6) is 5.75 Å². The number of benzene rings is 1. The van der Waals surface area contributed by atoms with Crippen LogP contribution in [0, 0.1) is 0 Å². The lowest BCUT2D eigenvalue weighted by Crippen LogP contribution is -2.35. The van der Waals surface area contributed by atoms with Gasteiger partial charge in [-0.2, -0.15) is 11.3 Å². The van der Waals surface area contributed by atoms with E-state index in [1.807, 2.05) is 18.2 Å². The normalized spacial score (nSPS) is 11.6. The van der Waals surface area contributed by atoms with Crippen molar-refractivity contribution < 1.29 is 4.74 Å². The van der Waals surface area contributed by atoms with Crippen molar-refractivity contribution in [3.63, 3.8) is 0 Å². The first-order valence-electron chi connectivity index (χ1n) is 7.11. The van der Waals surface area contributed by atoms with Gasteiger partial charge in [-0.1, -0.05) is 11.6 Å². The number of ether oxygens (including phenoxy) is 1. The molecule has 2 nitrogen and oxygen atoms in total. The van der Waals surface area contributed by atoms with Crippen LogP contribution in [0.3, 0.4) is 0 Å². The molecule has 0 atom stereocenters. The average molecular weight is 324 g/mol. The molecular formula is C17H22ClNOS. The van der Waals surface area contributed by atoms with Gasteiger partial charge in [-0.15, -0.1) is 0 Å². The predicted molar refractivity (Wildman–Crippen MR) is 91.6 cm³/mol. The minimum atomic E-state index is 0.0657. The van der Waals surface area contributed by atoms with Crippen LogP contribution in [0.4, 0.5) is 0 Å². The number of thiophene rings is 1. The topological polar surface area (TPSA) is 21.3 Å². The second-order valence-electron chi connectivity index (χ2n) is 6.09. The smallest absolute Gasteiger partial charge is 0.123 e. The van der Waals surface area contributed by atoms with Gasteiger partial charge in [-0.25, -0.2) is 0 Å². The van der Waals surface area contributed by atoms with Gasteiger partial charge in [0.15, 0.2) is 0 Å². The first kappa shape index (κ1) is 16.3. The summed E-state index contributed by atoms with van der Waals surface area (Å²) in [7, 11) is 0. The summed E-state index contributed by atoms with van der Waals surface area (Å²) in [6, 6.07) is 7.94. The highest BCUT2D eigenvalue weighted by molar-refractivity contribution is 7.07. The fourth-order valence-electron chi connectivity index (χ4n) is 1.90. The molecular weight excluding hydrogens is 302 g/mol. The number of nitrogens with one attached hydrogen (secondary N) is 1. The first-order valence-corrected chi connectivity index (χ1v) is 8.43. The van der Waals surface area contributed by atoms with E-state index in [9.17, 15) is 0 Å². The van der Waals surface area contributed by atoms with E-state index in [0.29, 0.717) is 6.61 Å². The zero-order chi connectivity index (χ0) is 15.3. The lowest BCUT2D eigenvalue weighted by atomic mass is 10.1. The van der Waals surface area contributed by atoms with Crippen LogP contribution in [-0.4, -0.2) is 12.1 Å². The van der Waals surface area contributed by atoms with E-state index in [4.69, 9.17) is 16.3 Å². The van der Waals surface area contributed by atoms with Crippen LogP contribution in [-0.2, 0) is 13.0 Å². The van der Waals surface area contributed by atoms with E-state index in [2.05, 4.69) is 42.9 Å². The molecule has 0 spiro atoms. The molecule has 0 aliphatic rings. The monoisotopic (exact) mass is 323 g/mol. The van der Waals surface area contributed by atoms with Crippen molar-refractivity contribution in [1.29, 1.82) is 0 Å². The molecule has 114 valence electrons. The van der Waals surface area contributed by atoms with Crippen LogP contribution in [0.1, 0.15) is 31.9 Å². The summed E-state index contributed by atoms with van der Waals surface area (Å²) >= 11 is 7.82. The summed E-state index contributed by atoms with van der Waals surface area (Å²) in [6.45, 7) is 7.87. The van der Waals surface area contributed by atoms with Gasteiger partial charge in [0.05, 0.1) is 6.61 Å². The van der Waals surface area contributed by atoms with Crippen LogP contribution in [0.15, 0.2) is 35.0 Å². The SMILES string of the molecule is CC(C)(C)NCc1cc(Cl)ccc1OCCc1ccsc1. The van der Waals surface area contributed by atoms with Gasteiger partial charge in [0.2, 0.25) is 0 Å². The fraction of sp³-hybridized carbons (Fsp3) is 0.412. The Balaban J connectivity index is 1.97. The Bertz CT molecular complexity index is 561. The summed E-state index contributed by atoms with van der Waals surface area (Å²) in [5, 5.41) is 8.47. The highest BCUT2D eigenvalue weighted by Crippen LogP contribution is 2.24. The number of halogens is 1. The zero-order valence-electron chi connectivity index (χ0n) is 12.8. The quantitative estimate of drug-likeness (QED) is 0.815. The molecule has 21 heavy (non-hydrogen) atoms. The molecule has 0 aliphatic heterocycles. The molecule has 0 radical (unpaired) electrons. The van der Waals surface area contributed by atoms with Crippen molar-refractivity contribution >= 4 is 22.9 Å². The van der Waals surface area contributed by atoms with Crippen molar-refractivity contribution in [1.82, 2.24) is 5.32 Å². The van der Waals surface area contributed by atoms with Gasteiger partial charge >= 0.3 is 0 Å². The first-order chi connectivity index (χ1) is 9.94. The van der Waals surface area contributed by atoms with Gasteiger partial charge in [0, 0.05) is 29.1 Å². The van der Waals surface area contributed by atoms with E-state index in [1.54, 1.807) is 11.3 Å². The van der Waals surface area contributed by atoms with Gasteiger partial charge in [0.1, 0.15) is 5.75 Å². The Morgan fingerprint density at radius 2 is 2.05 bits per heavy atom. The maximum Gasteiger partial charge on any atom is 0.123 e. The molecule has 0 saturated carbocycles. The van der Waals surface area contributed by atoms with Gasteiger partial charge < -0.3 is 10.1 Å². The molecule has 0 saturated heterocycles. The molecule has 1 aromatic carbocycles. The van der Waals surface area contributed by atoms with Crippen molar-refractivity contribution in [2.24, 2.45) is 0 Å². The third-order valence-corrected chi connectivity index (χ3v) is 4.03. The maximum absolute atomic E-state index is 6.10. The number of hydrogen-bond acceptors (Lipinski definition) is 3. The molecule has 0 unspecified atom stereocenters. The molecule has 1 N–H and O–H groups in total. The van der Waals surface area contributed by atoms with E-state index >= 15 is 0 Å². The Morgan fingerprint density at radius 3 is 2.71 bits per heavy atom. The molecule has 1 heterocycles. The van der Waals surface area contributed by atoms with Gasteiger partial charge in [0.25, 0.3) is 0 Å². The fourth-order valence-corrected chi connectivity index (χ4v) is 2.80. The van der Waals surface area contributed by atoms with Crippen molar-refractivity contribution in [3.8, 4) is 5.75 Å². The summed E-state index contributed by atoms with van der Waals surface area (Å²) in [6.07, 6.45) is 0.929. The lowest BCUT2D eigenvalue weighted by Gasteiger charge is -2.22. The van der Waals surface area contributed by atoms with Crippen LogP contribution >= 0.6 is 22.9 Å². The maximum atomic E-state index is 6.10. The highest BCUT2D eigenvalue weighted by Gasteiger charge is 2.11. The van der Waals surface area contributed by atoms with Crippen LogP contribution in [0.25, 0.3) is 0 Å². The Labute approximate surface area is 136 Å². The van der Waals surface area contributed by atoms with Gasteiger partial charge in [-0.05, 0) is 61.4 Å². The molecule has 2 aromatic rings. The van der Waals surface area contributed by atoms with E-state index < -0.39 is 0 Å². The number of hydrogen-bond donors (Lipinski definition) is 1. The molecule has 1 aromatic heterocycles. The lowest BCUT2D eigenvalue weighted by molar-refractivity contribution is 0.315. The Kier molecular flexibility index (Phi) is 5.68. The zero-order valence-corrected chi connectivity index (χ0v) is 14.4. The van der Waals surface area contributed by atoms with Crippen molar-refractivity contribution in [2.45, 2.75) is 39.3 Å². The van der Waals surface area contributed by atoms with E-state index in [-0.39, 0.29) is 5.54 Å². The number of rotatable bonds is 6. The summed E-state index contributed by atoms with van der Waals surface area (Å²) in [5.41, 5.74) is 2.49. The molecule has 0 aliphatic carbocycles. The molecule has 2 rings (SSSR count). The third-order valence-electron chi connectivity index (χ3n) is 3.06. The molecule has 0 bridgehead atoms. The summed E-state index contributed by atoms with van der Waals surface area (Å²) < 4.78 is 5.94. The van der Waals surface area contributed by atoms with Crippen LogP contribution < -0.4 is 10.1 Å². The highest BCUT2D eigenvalue weighted by atomic mass is 35.5. The third kappa shape index (κ3) is 5.70. The Morgan fingerprint density at radius 1 is 1.24 bits per heavy atom. The average Bonchev–Trinajstić information content (AvgIpc) is 2.91. The summed E-state index contributed by atoms with van der Waals surface area (Å²) in [5.74, 6) is 0.909. The Hall–Kier alpha value is -1.03.